The van der Waals surface area contributed by atoms with Gasteiger partial charge in [-0.15, -0.1) is 0 Å². The van der Waals surface area contributed by atoms with E-state index in [0.29, 0.717) is 11.4 Å². The number of para-hydroxylation sites is 1. The Morgan fingerprint density at radius 3 is 2.43 bits per heavy atom. The molecular formula is C16H14ClF2NO3. The SMILES string of the molecule is CC(Oc1ccccc1)C(=O)Nc1ccc(OC(F)F)c(Cl)c1. The molecule has 0 radical (unpaired) electrons. The van der Waals surface area contributed by atoms with Gasteiger partial charge in [-0.2, -0.15) is 8.78 Å². The Balaban J connectivity index is 1.98. The summed E-state index contributed by atoms with van der Waals surface area (Å²) in [5.74, 6) is 0.00885. The van der Waals surface area contributed by atoms with Crippen LogP contribution in [0.25, 0.3) is 0 Å². The molecule has 0 fully saturated rings. The summed E-state index contributed by atoms with van der Waals surface area (Å²) in [5.41, 5.74) is 0.352. The fraction of sp³-hybridized carbons (Fsp3) is 0.188. The van der Waals surface area contributed by atoms with Crippen LogP contribution in [0.3, 0.4) is 0 Å². The standard InChI is InChI=1S/C16H14ClF2NO3/c1-10(22-12-5-3-2-4-6-12)15(21)20-11-7-8-14(13(17)9-11)23-16(18)19/h2-10,16H,1H3,(H,20,21). The molecule has 2 aromatic rings. The number of hydrogen-bond donors (Lipinski definition) is 1. The van der Waals surface area contributed by atoms with Crippen LogP contribution in [-0.2, 0) is 4.79 Å². The van der Waals surface area contributed by atoms with Crippen molar-refractivity contribution >= 4 is 23.2 Å². The Kier molecular flexibility index (Phi) is 5.76. The number of hydrogen-bond acceptors (Lipinski definition) is 3. The van der Waals surface area contributed by atoms with Crippen LogP contribution in [0.4, 0.5) is 14.5 Å². The van der Waals surface area contributed by atoms with Crippen molar-refractivity contribution in [3.63, 3.8) is 0 Å². The Bertz CT molecular complexity index is 668. The van der Waals surface area contributed by atoms with Gasteiger partial charge >= 0.3 is 6.61 Å². The lowest BCUT2D eigenvalue weighted by atomic mass is 10.2. The van der Waals surface area contributed by atoms with Gasteiger partial charge < -0.3 is 14.8 Å². The number of anilines is 1. The molecule has 23 heavy (non-hydrogen) atoms. The number of halogens is 3. The van der Waals surface area contributed by atoms with Gasteiger partial charge in [0.05, 0.1) is 5.02 Å². The number of carbonyl (C=O) groups is 1. The van der Waals surface area contributed by atoms with E-state index in [9.17, 15) is 13.6 Å². The third-order valence-electron chi connectivity index (χ3n) is 2.84. The topological polar surface area (TPSA) is 47.6 Å². The van der Waals surface area contributed by atoms with E-state index in [1.54, 1.807) is 31.2 Å². The predicted molar refractivity (Wildman–Crippen MR) is 83.2 cm³/mol. The smallest absolute Gasteiger partial charge is 0.387 e. The third kappa shape index (κ3) is 5.10. The fourth-order valence-electron chi connectivity index (χ4n) is 1.77. The van der Waals surface area contributed by atoms with Gasteiger partial charge in [0, 0.05) is 5.69 Å². The minimum Gasteiger partial charge on any atom is -0.481 e. The van der Waals surface area contributed by atoms with E-state index in [4.69, 9.17) is 16.3 Å². The normalized spacial score (nSPS) is 11.9. The molecule has 4 nitrogen and oxygen atoms in total. The van der Waals surface area contributed by atoms with Gasteiger partial charge in [-0.1, -0.05) is 29.8 Å². The summed E-state index contributed by atoms with van der Waals surface area (Å²) in [6.07, 6.45) is -0.742. The zero-order valence-electron chi connectivity index (χ0n) is 12.1. The summed E-state index contributed by atoms with van der Waals surface area (Å²) in [7, 11) is 0. The number of benzene rings is 2. The van der Waals surface area contributed by atoms with Gasteiger partial charge in [0.2, 0.25) is 0 Å². The summed E-state index contributed by atoms with van der Waals surface area (Å²) < 4.78 is 34.0. The highest BCUT2D eigenvalue weighted by Gasteiger charge is 2.16. The van der Waals surface area contributed by atoms with E-state index in [1.165, 1.54) is 18.2 Å². The summed E-state index contributed by atoms with van der Waals surface area (Å²) >= 11 is 5.83. The van der Waals surface area contributed by atoms with Gasteiger partial charge in [0.15, 0.2) is 6.10 Å². The lowest BCUT2D eigenvalue weighted by molar-refractivity contribution is -0.122. The Morgan fingerprint density at radius 2 is 1.83 bits per heavy atom. The molecule has 122 valence electrons. The summed E-state index contributed by atoms with van der Waals surface area (Å²) in [6, 6.07) is 12.9. The maximum Gasteiger partial charge on any atom is 0.387 e. The fourth-order valence-corrected chi connectivity index (χ4v) is 2.00. The molecule has 1 amide bonds. The molecule has 0 bridgehead atoms. The molecule has 2 aromatic carbocycles. The largest absolute Gasteiger partial charge is 0.481 e. The van der Waals surface area contributed by atoms with Crippen LogP contribution in [0.1, 0.15) is 6.92 Å². The molecule has 0 saturated carbocycles. The predicted octanol–water partition coefficient (Wildman–Crippen LogP) is 4.35. The highest BCUT2D eigenvalue weighted by atomic mass is 35.5. The second-order valence-electron chi connectivity index (χ2n) is 4.59. The van der Waals surface area contributed by atoms with E-state index in [-0.39, 0.29) is 10.8 Å². The summed E-state index contributed by atoms with van der Waals surface area (Å²) in [5, 5.41) is 2.56. The molecule has 1 N–H and O–H groups in total. The average molecular weight is 342 g/mol. The van der Waals surface area contributed by atoms with Crippen LogP contribution >= 0.6 is 11.6 Å². The number of nitrogens with one attached hydrogen (secondary N) is 1. The van der Waals surface area contributed by atoms with Crippen LogP contribution in [0.15, 0.2) is 48.5 Å². The first kappa shape index (κ1) is 17.0. The number of carbonyl (C=O) groups excluding carboxylic acids is 1. The highest BCUT2D eigenvalue weighted by Crippen LogP contribution is 2.29. The minimum atomic E-state index is -2.97. The van der Waals surface area contributed by atoms with Gasteiger partial charge in [0.1, 0.15) is 11.5 Å². The first-order valence-corrected chi connectivity index (χ1v) is 7.10. The van der Waals surface area contributed by atoms with Gasteiger partial charge in [-0.05, 0) is 37.3 Å². The van der Waals surface area contributed by atoms with Crippen molar-refractivity contribution in [3.05, 3.63) is 53.6 Å². The molecular weight excluding hydrogens is 328 g/mol. The zero-order valence-corrected chi connectivity index (χ0v) is 12.9. The second-order valence-corrected chi connectivity index (χ2v) is 4.99. The van der Waals surface area contributed by atoms with Crippen LogP contribution in [0.2, 0.25) is 5.02 Å². The highest BCUT2D eigenvalue weighted by molar-refractivity contribution is 6.32. The molecule has 0 aromatic heterocycles. The van der Waals surface area contributed by atoms with Crippen LogP contribution in [-0.4, -0.2) is 18.6 Å². The van der Waals surface area contributed by atoms with Gasteiger partial charge in [-0.25, -0.2) is 0 Å². The molecule has 1 unspecified atom stereocenters. The minimum absolute atomic E-state index is 0.0280. The third-order valence-corrected chi connectivity index (χ3v) is 3.14. The second kappa shape index (κ2) is 7.78. The van der Waals surface area contributed by atoms with E-state index < -0.39 is 18.6 Å². The monoisotopic (exact) mass is 341 g/mol. The molecule has 0 aliphatic rings. The summed E-state index contributed by atoms with van der Waals surface area (Å²) in [6.45, 7) is -1.37. The summed E-state index contributed by atoms with van der Waals surface area (Å²) in [4.78, 5) is 12.1. The first-order chi connectivity index (χ1) is 11.0. The van der Waals surface area contributed by atoms with Crippen LogP contribution < -0.4 is 14.8 Å². The van der Waals surface area contributed by atoms with E-state index in [0.717, 1.165) is 0 Å². The van der Waals surface area contributed by atoms with Crippen molar-refractivity contribution in [2.45, 2.75) is 19.6 Å². The molecule has 0 aliphatic heterocycles. The van der Waals surface area contributed by atoms with Crippen molar-refractivity contribution in [1.82, 2.24) is 0 Å². The number of amides is 1. The lowest BCUT2D eigenvalue weighted by Crippen LogP contribution is -2.30. The molecule has 0 heterocycles. The van der Waals surface area contributed by atoms with Crippen LogP contribution in [0.5, 0.6) is 11.5 Å². The van der Waals surface area contributed by atoms with Crippen LogP contribution in [0, 0.1) is 0 Å². The quantitative estimate of drug-likeness (QED) is 0.849. The Hall–Kier alpha value is -2.34. The Labute approximate surface area is 137 Å². The van der Waals surface area contributed by atoms with E-state index in [1.807, 2.05) is 6.07 Å². The van der Waals surface area contributed by atoms with Crippen molar-refractivity contribution in [2.75, 3.05) is 5.32 Å². The number of ether oxygens (including phenoxy) is 2. The lowest BCUT2D eigenvalue weighted by Gasteiger charge is -2.15. The molecule has 7 heteroatoms. The zero-order chi connectivity index (χ0) is 16.8. The first-order valence-electron chi connectivity index (χ1n) is 6.72. The molecule has 0 spiro atoms. The van der Waals surface area contributed by atoms with Gasteiger partial charge in [0.25, 0.3) is 5.91 Å². The number of alkyl halides is 2. The van der Waals surface area contributed by atoms with Crippen molar-refractivity contribution in [2.24, 2.45) is 0 Å². The van der Waals surface area contributed by atoms with E-state index >= 15 is 0 Å². The molecule has 0 saturated heterocycles. The molecule has 2 rings (SSSR count). The van der Waals surface area contributed by atoms with E-state index in [2.05, 4.69) is 10.1 Å². The van der Waals surface area contributed by atoms with Crippen molar-refractivity contribution in [3.8, 4) is 11.5 Å². The Morgan fingerprint density at radius 1 is 1.13 bits per heavy atom. The maximum absolute atomic E-state index is 12.2. The maximum atomic E-state index is 12.2. The average Bonchev–Trinajstić information content (AvgIpc) is 2.50. The molecule has 0 aliphatic carbocycles. The van der Waals surface area contributed by atoms with Crippen molar-refractivity contribution < 1.29 is 23.0 Å². The number of rotatable bonds is 6. The molecule has 1 atom stereocenters. The van der Waals surface area contributed by atoms with Gasteiger partial charge in [-0.3, -0.25) is 4.79 Å². The van der Waals surface area contributed by atoms with Crippen molar-refractivity contribution in [1.29, 1.82) is 0 Å².